The van der Waals surface area contributed by atoms with Gasteiger partial charge in [0.2, 0.25) is 5.91 Å². The molecule has 1 aliphatic rings. The van der Waals surface area contributed by atoms with Gasteiger partial charge in [-0.05, 0) is 19.3 Å². The zero-order valence-electron chi connectivity index (χ0n) is 8.16. The van der Waals surface area contributed by atoms with Crippen LogP contribution in [-0.4, -0.2) is 31.2 Å². The third kappa shape index (κ3) is 3.36. The van der Waals surface area contributed by atoms with E-state index >= 15 is 0 Å². The van der Waals surface area contributed by atoms with E-state index in [1.54, 1.807) is 0 Å². The smallest absolute Gasteiger partial charge is 0.246 e. The first kappa shape index (κ1) is 11.0. The normalized spacial score (nSPS) is 25.7. The topological polar surface area (TPSA) is 64.3 Å². The molecule has 0 spiro atoms. The Hall–Kier alpha value is -1.05. The Kier molecular flexibility index (Phi) is 4.44. The van der Waals surface area contributed by atoms with Crippen molar-refractivity contribution in [3.8, 4) is 12.3 Å². The predicted octanol–water partition coefficient (Wildman–Crippen LogP) is -0.368. The zero-order valence-corrected chi connectivity index (χ0v) is 8.16. The minimum Gasteiger partial charge on any atom is -0.367 e. The number of nitrogens with two attached hydrogens (primary N) is 1. The van der Waals surface area contributed by atoms with Crippen LogP contribution in [0.5, 0.6) is 0 Å². The van der Waals surface area contributed by atoms with Crippen molar-refractivity contribution in [1.82, 2.24) is 5.32 Å². The monoisotopic (exact) mass is 196 g/mol. The van der Waals surface area contributed by atoms with Gasteiger partial charge in [-0.1, -0.05) is 5.92 Å². The van der Waals surface area contributed by atoms with Crippen LogP contribution in [0.1, 0.15) is 19.3 Å². The number of rotatable bonds is 4. The Morgan fingerprint density at radius 2 is 2.43 bits per heavy atom. The maximum atomic E-state index is 11.1. The number of hydrogen-bond donors (Lipinski definition) is 2. The Bertz CT molecular complexity index is 235. The van der Waals surface area contributed by atoms with Crippen LogP contribution in [0, 0.1) is 12.3 Å². The van der Waals surface area contributed by atoms with Crippen LogP contribution < -0.4 is 11.1 Å². The zero-order chi connectivity index (χ0) is 10.4. The van der Waals surface area contributed by atoms with Gasteiger partial charge in [0.15, 0.2) is 0 Å². The number of nitrogens with one attached hydrogen (secondary N) is 1. The quantitative estimate of drug-likeness (QED) is 0.603. The molecule has 1 aliphatic carbocycles. The van der Waals surface area contributed by atoms with Crippen molar-refractivity contribution < 1.29 is 9.53 Å². The lowest BCUT2D eigenvalue weighted by Gasteiger charge is -2.15. The van der Waals surface area contributed by atoms with Crippen molar-refractivity contribution in [2.75, 3.05) is 13.2 Å². The lowest BCUT2D eigenvalue weighted by atomic mass is 10.2. The number of terminal acetylenes is 1. The molecule has 0 saturated heterocycles. The Morgan fingerprint density at radius 3 is 3.00 bits per heavy atom. The minimum absolute atomic E-state index is 0.0339. The van der Waals surface area contributed by atoms with Gasteiger partial charge in [-0.3, -0.25) is 4.79 Å². The largest absolute Gasteiger partial charge is 0.367 e. The van der Waals surface area contributed by atoms with Crippen molar-refractivity contribution in [3.05, 3.63) is 0 Å². The van der Waals surface area contributed by atoms with E-state index in [0.717, 1.165) is 19.3 Å². The van der Waals surface area contributed by atoms with E-state index in [0.29, 0.717) is 0 Å². The molecule has 1 fully saturated rings. The van der Waals surface area contributed by atoms with Crippen molar-refractivity contribution in [3.63, 3.8) is 0 Å². The van der Waals surface area contributed by atoms with Crippen molar-refractivity contribution in [2.45, 2.75) is 31.4 Å². The fourth-order valence-electron chi connectivity index (χ4n) is 1.55. The second-order valence-electron chi connectivity index (χ2n) is 3.43. The molecule has 0 radical (unpaired) electrons. The van der Waals surface area contributed by atoms with Crippen molar-refractivity contribution in [2.24, 2.45) is 5.73 Å². The molecule has 14 heavy (non-hydrogen) atoms. The highest BCUT2D eigenvalue weighted by Gasteiger charge is 2.24. The fourth-order valence-corrected chi connectivity index (χ4v) is 1.55. The summed E-state index contributed by atoms with van der Waals surface area (Å²) in [7, 11) is 0. The van der Waals surface area contributed by atoms with Gasteiger partial charge >= 0.3 is 0 Å². The van der Waals surface area contributed by atoms with Gasteiger partial charge in [-0.25, -0.2) is 0 Å². The van der Waals surface area contributed by atoms with E-state index in [1.807, 2.05) is 0 Å². The molecule has 0 heterocycles. The molecule has 1 amide bonds. The lowest BCUT2D eigenvalue weighted by Crippen LogP contribution is -2.35. The maximum absolute atomic E-state index is 11.1. The van der Waals surface area contributed by atoms with Gasteiger partial charge in [0.25, 0.3) is 0 Å². The molecule has 0 aliphatic heterocycles. The van der Waals surface area contributed by atoms with Crippen molar-refractivity contribution >= 4 is 5.91 Å². The van der Waals surface area contributed by atoms with Gasteiger partial charge in [0.05, 0.1) is 12.6 Å². The van der Waals surface area contributed by atoms with Gasteiger partial charge in [-0.2, -0.15) is 0 Å². The average molecular weight is 196 g/mol. The van der Waals surface area contributed by atoms with Gasteiger partial charge in [0, 0.05) is 6.04 Å². The fraction of sp³-hybridized carbons (Fsp3) is 0.700. The summed E-state index contributed by atoms with van der Waals surface area (Å²) in [5.74, 6) is 2.14. The van der Waals surface area contributed by atoms with E-state index in [4.69, 9.17) is 16.9 Å². The SMILES string of the molecule is C#CCNC(=O)COC1CCCC1N. The third-order valence-corrected chi connectivity index (χ3v) is 2.32. The summed E-state index contributed by atoms with van der Waals surface area (Å²) < 4.78 is 5.37. The molecule has 0 aromatic rings. The number of amides is 1. The summed E-state index contributed by atoms with van der Waals surface area (Å²) in [4.78, 5) is 11.1. The van der Waals surface area contributed by atoms with Crippen LogP contribution in [0.2, 0.25) is 0 Å². The van der Waals surface area contributed by atoms with Crippen molar-refractivity contribution in [1.29, 1.82) is 0 Å². The summed E-state index contributed by atoms with van der Waals surface area (Å²) in [6.45, 7) is 0.305. The Labute approximate surface area is 84.2 Å². The molecule has 3 N–H and O–H groups in total. The number of ether oxygens (including phenoxy) is 1. The highest BCUT2D eigenvalue weighted by molar-refractivity contribution is 5.77. The van der Waals surface area contributed by atoms with E-state index in [2.05, 4.69) is 11.2 Å². The standard InChI is InChI=1S/C10H16N2O2/c1-2-6-12-10(13)7-14-9-5-3-4-8(9)11/h1,8-9H,3-7,11H2,(H,12,13). The molecule has 0 bridgehead atoms. The van der Waals surface area contributed by atoms with Crippen LogP contribution in [0.3, 0.4) is 0 Å². The Morgan fingerprint density at radius 1 is 1.64 bits per heavy atom. The number of carbonyl (C=O) groups excluding carboxylic acids is 1. The molecule has 0 aromatic heterocycles. The lowest BCUT2D eigenvalue weighted by molar-refractivity contribution is -0.127. The summed E-state index contributed by atoms with van der Waals surface area (Å²) >= 11 is 0. The molecular formula is C10H16N2O2. The molecule has 2 unspecified atom stereocenters. The molecular weight excluding hydrogens is 180 g/mol. The molecule has 0 aromatic carbocycles. The second kappa shape index (κ2) is 5.63. The minimum atomic E-state index is -0.179. The summed E-state index contributed by atoms with van der Waals surface area (Å²) in [6.07, 6.45) is 8.04. The van der Waals surface area contributed by atoms with Crippen LogP contribution in [0.25, 0.3) is 0 Å². The molecule has 4 heteroatoms. The molecule has 2 atom stereocenters. The average Bonchev–Trinajstić information content (AvgIpc) is 2.58. The van der Waals surface area contributed by atoms with Gasteiger partial charge in [0.1, 0.15) is 6.61 Å². The number of hydrogen-bond acceptors (Lipinski definition) is 3. The van der Waals surface area contributed by atoms with Crippen LogP contribution in [0.15, 0.2) is 0 Å². The maximum Gasteiger partial charge on any atom is 0.246 e. The first-order chi connectivity index (χ1) is 6.74. The first-order valence-corrected chi connectivity index (χ1v) is 4.81. The van der Waals surface area contributed by atoms with E-state index in [-0.39, 0.29) is 31.2 Å². The molecule has 1 rings (SSSR count). The van der Waals surface area contributed by atoms with E-state index in [9.17, 15) is 4.79 Å². The Balaban J connectivity index is 2.13. The summed E-state index contributed by atoms with van der Waals surface area (Å²) in [5, 5.41) is 2.53. The summed E-state index contributed by atoms with van der Waals surface area (Å²) in [6, 6.07) is 0.0791. The van der Waals surface area contributed by atoms with Gasteiger partial charge in [-0.15, -0.1) is 6.42 Å². The predicted molar refractivity (Wildman–Crippen MR) is 53.4 cm³/mol. The molecule has 4 nitrogen and oxygen atoms in total. The second-order valence-corrected chi connectivity index (χ2v) is 3.43. The van der Waals surface area contributed by atoms with Gasteiger partial charge < -0.3 is 15.8 Å². The molecule has 1 saturated carbocycles. The van der Waals surface area contributed by atoms with E-state index < -0.39 is 0 Å². The van der Waals surface area contributed by atoms with Crippen LogP contribution in [0.4, 0.5) is 0 Å². The number of carbonyl (C=O) groups is 1. The first-order valence-electron chi connectivity index (χ1n) is 4.81. The van der Waals surface area contributed by atoms with E-state index in [1.165, 1.54) is 0 Å². The highest BCUT2D eigenvalue weighted by Crippen LogP contribution is 2.19. The van der Waals surface area contributed by atoms with Crippen LogP contribution >= 0.6 is 0 Å². The highest BCUT2D eigenvalue weighted by atomic mass is 16.5. The third-order valence-electron chi connectivity index (χ3n) is 2.32. The summed E-state index contributed by atoms with van der Waals surface area (Å²) in [5.41, 5.74) is 5.78. The van der Waals surface area contributed by atoms with Crippen LogP contribution in [-0.2, 0) is 9.53 Å². The molecule has 78 valence electrons.